The first-order chi connectivity index (χ1) is 11.8. The minimum atomic E-state index is -0.591. The SMILES string of the molecule is CC(C)CCCCOc1ccc(CCC(N)(CO)CC(C)C)c(O)c1. The summed E-state index contributed by atoms with van der Waals surface area (Å²) in [5, 5.41) is 19.8. The second kappa shape index (κ2) is 10.7. The van der Waals surface area contributed by atoms with Crippen molar-refractivity contribution < 1.29 is 14.9 Å². The van der Waals surface area contributed by atoms with Gasteiger partial charge in [0, 0.05) is 11.6 Å². The fourth-order valence-electron chi connectivity index (χ4n) is 3.13. The molecule has 0 saturated carbocycles. The van der Waals surface area contributed by atoms with Crippen molar-refractivity contribution in [2.24, 2.45) is 17.6 Å². The van der Waals surface area contributed by atoms with E-state index in [-0.39, 0.29) is 12.4 Å². The number of aliphatic hydroxyl groups is 1. The van der Waals surface area contributed by atoms with E-state index in [4.69, 9.17) is 10.5 Å². The fraction of sp³-hybridized carbons (Fsp3) is 0.714. The number of hydrogen-bond donors (Lipinski definition) is 3. The second-order valence-electron chi connectivity index (χ2n) is 8.15. The van der Waals surface area contributed by atoms with Crippen LogP contribution in [0.15, 0.2) is 18.2 Å². The molecule has 0 fully saturated rings. The Bertz CT molecular complexity index is 502. The Morgan fingerprint density at radius 2 is 1.84 bits per heavy atom. The van der Waals surface area contributed by atoms with Crippen molar-refractivity contribution in [2.75, 3.05) is 13.2 Å². The minimum Gasteiger partial charge on any atom is -0.508 e. The summed E-state index contributed by atoms with van der Waals surface area (Å²) in [5.41, 5.74) is 6.54. The highest BCUT2D eigenvalue weighted by Gasteiger charge is 2.25. The molecule has 0 aliphatic carbocycles. The quantitative estimate of drug-likeness (QED) is 0.492. The molecule has 1 atom stereocenters. The molecule has 0 aromatic heterocycles. The van der Waals surface area contributed by atoms with Gasteiger partial charge in [0.05, 0.1) is 13.2 Å². The van der Waals surface area contributed by atoms with Crippen molar-refractivity contribution in [2.45, 2.75) is 71.8 Å². The number of benzene rings is 1. The lowest BCUT2D eigenvalue weighted by Gasteiger charge is -2.29. The van der Waals surface area contributed by atoms with Gasteiger partial charge in [-0.25, -0.2) is 0 Å². The number of unbranched alkanes of at least 4 members (excludes halogenated alkanes) is 1. The molecular formula is C21H37NO3. The third kappa shape index (κ3) is 8.59. The summed E-state index contributed by atoms with van der Waals surface area (Å²) in [7, 11) is 0. The summed E-state index contributed by atoms with van der Waals surface area (Å²) >= 11 is 0. The van der Waals surface area contributed by atoms with E-state index in [0.717, 1.165) is 30.7 Å². The van der Waals surface area contributed by atoms with Gasteiger partial charge in [-0.15, -0.1) is 0 Å². The van der Waals surface area contributed by atoms with Crippen LogP contribution in [0.2, 0.25) is 0 Å². The first-order valence-corrected chi connectivity index (χ1v) is 9.60. The lowest BCUT2D eigenvalue weighted by molar-refractivity contribution is 0.165. The van der Waals surface area contributed by atoms with Gasteiger partial charge in [-0.05, 0) is 55.6 Å². The van der Waals surface area contributed by atoms with Gasteiger partial charge in [0.2, 0.25) is 0 Å². The maximum atomic E-state index is 10.2. The van der Waals surface area contributed by atoms with Gasteiger partial charge < -0.3 is 20.7 Å². The standard InChI is InChI=1S/C21H37NO3/c1-16(2)7-5-6-12-25-19-9-8-18(20(24)13-19)10-11-21(22,15-23)14-17(3)4/h8-9,13,16-17,23-24H,5-7,10-12,14-15,22H2,1-4H3. The number of hydrogen-bond acceptors (Lipinski definition) is 4. The lowest BCUT2D eigenvalue weighted by Crippen LogP contribution is -2.45. The van der Waals surface area contributed by atoms with Crippen LogP contribution in [0.3, 0.4) is 0 Å². The van der Waals surface area contributed by atoms with Crippen molar-refractivity contribution in [3.8, 4) is 11.5 Å². The van der Waals surface area contributed by atoms with E-state index in [1.165, 1.54) is 6.42 Å². The monoisotopic (exact) mass is 351 g/mol. The third-order valence-electron chi connectivity index (χ3n) is 4.52. The Morgan fingerprint density at radius 1 is 1.12 bits per heavy atom. The third-order valence-corrected chi connectivity index (χ3v) is 4.52. The molecule has 1 aromatic carbocycles. The summed E-state index contributed by atoms with van der Waals surface area (Å²) in [5.74, 6) is 2.10. The van der Waals surface area contributed by atoms with Crippen molar-refractivity contribution >= 4 is 0 Å². The van der Waals surface area contributed by atoms with Crippen molar-refractivity contribution in [3.63, 3.8) is 0 Å². The Labute approximate surface area is 153 Å². The maximum Gasteiger partial charge on any atom is 0.122 e. The molecule has 4 nitrogen and oxygen atoms in total. The van der Waals surface area contributed by atoms with Gasteiger partial charge in [-0.2, -0.15) is 0 Å². The first kappa shape index (κ1) is 21.8. The van der Waals surface area contributed by atoms with Crippen LogP contribution < -0.4 is 10.5 Å². The van der Waals surface area contributed by atoms with Crippen LogP contribution in [0.5, 0.6) is 11.5 Å². The number of aryl methyl sites for hydroxylation is 1. The molecule has 0 aliphatic heterocycles. The number of aliphatic hydroxyl groups excluding tert-OH is 1. The van der Waals surface area contributed by atoms with E-state index in [1.807, 2.05) is 12.1 Å². The summed E-state index contributed by atoms with van der Waals surface area (Å²) in [6, 6.07) is 5.47. The summed E-state index contributed by atoms with van der Waals surface area (Å²) in [6.45, 7) is 9.29. The predicted molar refractivity (Wildman–Crippen MR) is 104 cm³/mol. The van der Waals surface area contributed by atoms with E-state index < -0.39 is 5.54 Å². The lowest BCUT2D eigenvalue weighted by atomic mass is 9.85. The van der Waals surface area contributed by atoms with Crippen LogP contribution in [-0.4, -0.2) is 29.0 Å². The largest absolute Gasteiger partial charge is 0.508 e. The number of nitrogens with two attached hydrogens (primary N) is 1. The Balaban J connectivity index is 2.49. The molecule has 4 N–H and O–H groups in total. The van der Waals surface area contributed by atoms with Crippen LogP contribution in [0.4, 0.5) is 0 Å². The van der Waals surface area contributed by atoms with Crippen LogP contribution in [-0.2, 0) is 6.42 Å². The molecule has 0 spiro atoms. The van der Waals surface area contributed by atoms with Crippen LogP contribution in [0.25, 0.3) is 0 Å². The van der Waals surface area contributed by atoms with Gasteiger partial charge >= 0.3 is 0 Å². The van der Waals surface area contributed by atoms with Crippen LogP contribution >= 0.6 is 0 Å². The molecular weight excluding hydrogens is 314 g/mol. The molecule has 0 heterocycles. The fourth-order valence-corrected chi connectivity index (χ4v) is 3.13. The molecule has 1 unspecified atom stereocenters. The van der Waals surface area contributed by atoms with Gasteiger partial charge in [0.1, 0.15) is 11.5 Å². The Kier molecular flexibility index (Phi) is 9.30. The van der Waals surface area contributed by atoms with Crippen molar-refractivity contribution in [1.29, 1.82) is 0 Å². The molecule has 0 bridgehead atoms. The zero-order valence-corrected chi connectivity index (χ0v) is 16.4. The zero-order valence-electron chi connectivity index (χ0n) is 16.4. The average molecular weight is 352 g/mol. The second-order valence-corrected chi connectivity index (χ2v) is 8.15. The highest BCUT2D eigenvalue weighted by atomic mass is 16.5. The highest BCUT2D eigenvalue weighted by molar-refractivity contribution is 5.39. The average Bonchev–Trinajstić information content (AvgIpc) is 2.53. The van der Waals surface area contributed by atoms with Crippen molar-refractivity contribution in [3.05, 3.63) is 23.8 Å². The molecule has 0 amide bonds. The number of aromatic hydroxyl groups is 1. The van der Waals surface area contributed by atoms with Gasteiger partial charge in [-0.3, -0.25) is 0 Å². The van der Waals surface area contributed by atoms with E-state index in [1.54, 1.807) is 6.07 Å². The van der Waals surface area contributed by atoms with E-state index in [0.29, 0.717) is 31.1 Å². The number of ether oxygens (including phenoxy) is 1. The number of phenolic OH excluding ortho intramolecular Hbond substituents is 1. The smallest absolute Gasteiger partial charge is 0.122 e. The summed E-state index contributed by atoms with van der Waals surface area (Å²) in [4.78, 5) is 0. The first-order valence-electron chi connectivity index (χ1n) is 9.60. The number of rotatable bonds is 12. The molecule has 0 saturated heterocycles. The van der Waals surface area contributed by atoms with Gasteiger partial charge in [0.15, 0.2) is 0 Å². The zero-order chi connectivity index (χ0) is 18.9. The molecule has 4 heteroatoms. The van der Waals surface area contributed by atoms with Gasteiger partial charge in [-0.1, -0.05) is 40.2 Å². The van der Waals surface area contributed by atoms with Gasteiger partial charge in [0.25, 0.3) is 0 Å². The highest BCUT2D eigenvalue weighted by Crippen LogP contribution is 2.27. The Hall–Kier alpha value is -1.26. The van der Waals surface area contributed by atoms with E-state index in [2.05, 4.69) is 27.7 Å². The number of phenols is 1. The molecule has 1 rings (SSSR count). The molecule has 1 aromatic rings. The molecule has 0 aliphatic rings. The van der Waals surface area contributed by atoms with Crippen LogP contribution in [0.1, 0.15) is 65.4 Å². The Morgan fingerprint density at radius 3 is 2.40 bits per heavy atom. The minimum absolute atomic E-state index is 0.0382. The molecule has 25 heavy (non-hydrogen) atoms. The van der Waals surface area contributed by atoms with Crippen molar-refractivity contribution in [1.82, 2.24) is 0 Å². The normalized spacial score (nSPS) is 14.1. The van der Waals surface area contributed by atoms with E-state index >= 15 is 0 Å². The predicted octanol–water partition coefficient (Wildman–Crippen LogP) is 4.27. The van der Waals surface area contributed by atoms with E-state index in [9.17, 15) is 10.2 Å². The van der Waals surface area contributed by atoms with Crippen LogP contribution in [0, 0.1) is 11.8 Å². The topological polar surface area (TPSA) is 75.7 Å². The maximum absolute atomic E-state index is 10.2. The molecule has 0 radical (unpaired) electrons. The molecule has 144 valence electrons. The summed E-state index contributed by atoms with van der Waals surface area (Å²) in [6.07, 6.45) is 5.46. The summed E-state index contributed by atoms with van der Waals surface area (Å²) < 4.78 is 5.72.